The predicted octanol–water partition coefficient (Wildman–Crippen LogP) is 4.69. The number of halogens is 3. The fraction of sp³-hybridized carbons (Fsp3) is 0.393. The molecular weight excluding hydrogens is 511 g/mol. The van der Waals surface area contributed by atoms with Gasteiger partial charge in [-0.2, -0.15) is 18.2 Å². The van der Waals surface area contributed by atoms with Crippen molar-refractivity contribution in [2.75, 3.05) is 49.7 Å². The Morgan fingerprint density at radius 1 is 1.18 bits per heavy atom. The molecule has 11 heteroatoms. The number of hydrogen-bond acceptors (Lipinski definition) is 7. The molecule has 0 radical (unpaired) electrons. The quantitative estimate of drug-likeness (QED) is 0.449. The molecule has 39 heavy (non-hydrogen) atoms. The number of aryl methyl sites for hydroxylation is 1. The molecular formula is C28H30F3N5O3. The lowest BCUT2D eigenvalue weighted by Gasteiger charge is -2.28. The zero-order valence-electron chi connectivity index (χ0n) is 21.6. The van der Waals surface area contributed by atoms with Gasteiger partial charge in [0.2, 0.25) is 5.88 Å². The molecule has 0 bridgehead atoms. The number of amides is 1. The maximum absolute atomic E-state index is 13.1. The average molecular weight is 542 g/mol. The number of hydrogen-bond donors (Lipinski definition) is 2. The van der Waals surface area contributed by atoms with Crippen molar-refractivity contribution in [3.8, 4) is 17.0 Å². The second-order valence-electron chi connectivity index (χ2n) is 9.70. The molecule has 0 saturated carbocycles. The molecule has 206 valence electrons. The lowest BCUT2D eigenvalue weighted by Crippen LogP contribution is -2.36. The monoisotopic (exact) mass is 541 g/mol. The molecule has 5 rings (SSSR count). The number of pyridine rings is 2. The van der Waals surface area contributed by atoms with Gasteiger partial charge >= 0.3 is 6.18 Å². The van der Waals surface area contributed by atoms with E-state index in [0.29, 0.717) is 50.7 Å². The van der Waals surface area contributed by atoms with Crippen molar-refractivity contribution in [3.63, 3.8) is 0 Å². The third kappa shape index (κ3) is 6.66. The zero-order valence-corrected chi connectivity index (χ0v) is 21.6. The van der Waals surface area contributed by atoms with Crippen LogP contribution >= 0.6 is 0 Å². The van der Waals surface area contributed by atoms with E-state index in [9.17, 15) is 18.0 Å². The largest absolute Gasteiger partial charge is 0.476 e. The fourth-order valence-corrected chi connectivity index (χ4v) is 4.69. The fourth-order valence-electron chi connectivity index (χ4n) is 4.69. The first kappa shape index (κ1) is 26.9. The number of benzene rings is 1. The zero-order chi connectivity index (χ0) is 27.4. The molecule has 2 aliphatic rings. The van der Waals surface area contributed by atoms with Crippen LogP contribution in [-0.2, 0) is 10.9 Å². The van der Waals surface area contributed by atoms with Crippen molar-refractivity contribution < 1.29 is 27.4 Å². The lowest BCUT2D eigenvalue weighted by molar-refractivity contribution is -0.137. The van der Waals surface area contributed by atoms with Crippen molar-refractivity contribution in [1.82, 2.24) is 15.3 Å². The van der Waals surface area contributed by atoms with Gasteiger partial charge in [-0.05, 0) is 67.3 Å². The van der Waals surface area contributed by atoms with Crippen molar-refractivity contribution in [2.24, 2.45) is 0 Å². The molecule has 0 spiro atoms. The molecule has 2 saturated heterocycles. The number of nitrogens with one attached hydrogen (secondary N) is 2. The Morgan fingerprint density at radius 2 is 2.00 bits per heavy atom. The van der Waals surface area contributed by atoms with Crippen molar-refractivity contribution >= 4 is 17.4 Å². The van der Waals surface area contributed by atoms with E-state index in [0.717, 1.165) is 54.2 Å². The Morgan fingerprint density at radius 3 is 2.74 bits per heavy atom. The van der Waals surface area contributed by atoms with Gasteiger partial charge < -0.3 is 25.0 Å². The second-order valence-corrected chi connectivity index (χ2v) is 9.70. The molecule has 8 nitrogen and oxygen atoms in total. The molecule has 4 heterocycles. The first-order valence-electron chi connectivity index (χ1n) is 12.9. The summed E-state index contributed by atoms with van der Waals surface area (Å²) >= 11 is 0. The first-order valence-corrected chi connectivity index (χ1v) is 12.9. The number of anilines is 2. The number of carbonyl (C=O) groups is 1. The van der Waals surface area contributed by atoms with Gasteiger partial charge in [0, 0.05) is 43.3 Å². The van der Waals surface area contributed by atoms with Crippen LogP contribution in [0.25, 0.3) is 11.1 Å². The molecule has 0 aliphatic carbocycles. The second kappa shape index (κ2) is 11.6. The molecule has 2 N–H and O–H groups in total. The maximum Gasteiger partial charge on any atom is 0.417 e. The van der Waals surface area contributed by atoms with Crippen molar-refractivity contribution in [1.29, 1.82) is 0 Å². The average Bonchev–Trinajstić information content (AvgIpc) is 3.47. The van der Waals surface area contributed by atoms with Gasteiger partial charge in [0.05, 0.1) is 24.3 Å². The number of carbonyl (C=O) groups excluding carboxylic acids is 1. The highest BCUT2D eigenvalue weighted by Gasteiger charge is 2.31. The van der Waals surface area contributed by atoms with Crippen LogP contribution in [0.15, 0.2) is 48.8 Å². The lowest BCUT2D eigenvalue weighted by atomic mass is 10.00. The third-order valence-corrected chi connectivity index (χ3v) is 6.85. The Labute approximate surface area is 224 Å². The summed E-state index contributed by atoms with van der Waals surface area (Å²) in [5.74, 6) is 0.598. The van der Waals surface area contributed by atoms with Crippen LogP contribution < -0.4 is 20.3 Å². The van der Waals surface area contributed by atoms with E-state index in [-0.39, 0.29) is 11.6 Å². The van der Waals surface area contributed by atoms with Gasteiger partial charge in [0.1, 0.15) is 12.4 Å². The normalized spacial score (nSPS) is 17.7. The highest BCUT2D eigenvalue weighted by Crippen LogP contribution is 2.33. The molecule has 3 aromatic rings. The van der Waals surface area contributed by atoms with E-state index < -0.39 is 17.6 Å². The summed E-state index contributed by atoms with van der Waals surface area (Å²) in [5, 5.41) is 6.12. The first-order chi connectivity index (χ1) is 18.8. The van der Waals surface area contributed by atoms with Crippen LogP contribution in [0.2, 0.25) is 0 Å². The number of rotatable bonds is 7. The molecule has 1 atom stereocenters. The van der Waals surface area contributed by atoms with E-state index in [1.807, 2.05) is 25.1 Å². The summed E-state index contributed by atoms with van der Waals surface area (Å²) in [6.07, 6.45) is -0.612. The Hall–Kier alpha value is -3.70. The van der Waals surface area contributed by atoms with E-state index >= 15 is 0 Å². The van der Waals surface area contributed by atoms with Crippen LogP contribution in [0.3, 0.4) is 0 Å². The molecule has 0 unspecified atom stereocenters. The van der Waals surface area contributed by atoms with E-state index in [1.54, 1.807) is 12.1 Å². The summed E-state index contributed by atoms with van der Waals surface area (Å²) in [5.41, 5.74) is 1.94. The minimum Gasteiger partial charge on any atom is -0.476 e. The number of morpholine rings is 1. The van der Waals surface area contributed by atoms with Crippen molar-refractivity contribution in [3.05, 3.63) is 65.5 Å². The van der Waals surface area contributed by atoms with Gasteiger partial charge in [-0.3, -0.25) is 9.78 Å². The summed E-state index contributed by atoms with van der Waals surface area (Å²) < 4.78 is 50.9. The summed E-state index contributed by atoms with van der Waals surface area (Å²) in [6.45, 7) is 6.09. The summed E-state index contributed by atoms with van der Waals surface area (Å²) in [4.78, 5) is 23.3. The molecule has 2 aromatic heterocycles. The van der Waals surface area contributed by atoms with E-state index in [1.165, 1.54) is 0 Å². The van der Waals surface area contributed by atoms with Crippen LogP contribution in [0.1, 0.15) is 34.3 Å². The van der Waals surface area contributed by atoms with E-state index in [4.69, 9.17) is 14.5 Å². The Kier molecular flexibility index (Phi) is 7.99. The number of nitrogens with zero attached hydrogens (tertiary/aromatic N) is 3. The van der Waals surface area contributed by atoms with E-state index in [2.05, 4.69) is 20.5 Å². The van der Waals surface area contributed by atoms with Gasteiger partial charge in [-0.15, -0.1) is 0 Å². The maximum atomic E-state index is 13.1. The Bertz CT molecular complexity index is 1320. The summed E-state index contributed by atoms with van der Waals surface area (Å²) in [6, 6.07) is 10.3. The van der Waals surface area contributed by atoms with Crippen LogP contribution in [0, 0.1) is 6.92 Å². The van der Waals surface area contributed by atoms with Crippen LogP contribution in [0.5, 0.6) is 5.88 Å². The summed E-state index contributed by atoms with van der Waals surface area (Å²) in [7, 11) is 0. The number of alkyl halides is 3. The highest BCUT2D eigenvalue weighted by atomic mass is 19.4. The minimum atomic E-state index is -4.59. The number of ether oxygens (including phenoxy) is 2. The molecule has 2 aliphatic heterocycles. The van der Waals surface area contributed by atoms with Crippen LogP contribution in [-0.4, -0.2) is 61.4 Å². The SMILES string of the molecule is Cc1ccc(NC(=O)c2cncc(C(F)(F)F)c2)cc1-c1cc(OC[C@H]2CCCN2)nc(N2CCOCC2)c1. The number of aromatic nitrogens is 2. The Balaban J connectivity index is 1.42. The van der Waals surface area contributed by atoms with Crippen molar-refractivity contribution in [2.45, 2.75) is 32.0 Å². The molecule has 2 fully saturated rings. The third-order valence-electron chi connectivity index (χ3n) is 6.85. The molecule has 1 amide bonds. The predicted molar refractivity (Wildman–Crippen MR) is 141 cm³/mol. The standard InChI is InChI=1S/C28H30F3N5O3/c1-18-4-5-22(34-27(37)20-11-21(16-32-15-20)28(29,30)31)14-24(18)19-12-25(36-7-9-38-10-8-36)35-26(13-19)39-17-23-3-2-6-33-23/h4-5,11-16,23,33H,2-3,6-10,17H2,1H3,(H,34,37)/t23-/m1/s1. The highest BCUT2D eigenvalue weighted by molar-refractivity contribution is 6.04. The van der Waals surface area contributed by atoms with Gasteiger partial charge in [0.25, 0.3) is 5.91 Å². The van der Waals surface area contributed by atoms with Crippen LogP contribution in [0.4, 0.5) is 24.7 Å². The van der Waals surface area contributed by atoms with Gasteiger partial charge in [-0.1, -0.05) is 6.07 Å². The van der Waals surface area contributed by atoms with Gasteiger partial charge in [0.15, 0.2) is 0 Å². The minimum absolute atomic E-state index is 0.179. The topological polar surface area (TPSA) is 88.6 Å². The smallest absolute Gasteiger partial charge is 0.417 e. The van der Waals surface area contributed by atoms with Gasteiger partial charge in [-0.25, -0.2) is 0 Å². The molecule has 1 aromatic carbocycles.